The van der Waals surface area contributed by atoms with E-state index in [1.54, 1.807) is 12.1 Å². The first-order valence-electron chi connectivity index (χ1n) is 4.21. The first kappa shape index (κ1) is 7.92. The van der Waals surface area contributed by atoms with E-state index in [2.05, 4.69) is 4.98 Å². The molecule has 0 atom stereocenters. The Kier molecular flexibility index (Phi) is 1.81. The summed E-state index contributed by atoms with van der Waals surface area (Å²) in [6.07, 6.45) is 1.89. The summed E-state index contributed by atoms with van der Waals surface area (Å²) in [6.45, 7) is 1.98. The Morgan fingerprint density at radius 3 is 2.69 bits per heavy atom. The number of H-pyrrole nitrogens is 1. The molecule has 66 valence electrons. The Balaban J connectivity index is 2.53. The first-order chi connectivity index (χ1) is 6.27. The van der Waals surface area contributed by atoms with E-state index in [1.165, 1.54) is 0 Å². The van der Waals surface area contributed by atoms with E-state index in [0.717, 1.165) is 16.8 Å². The highest BCUT2D eigenvalue weighted by Gasteiger charge is 2.01. The highest BCUT2D eigenvalue weighted by Crippen LogP contribution is 2.24. The SMILES string of the molecule is Cc1cc(O)ccc1-c1ccc[nH]1. The van der Waals surface area contributed by atoms with Crippen LogP contribution in [0.4, 0.5) is 0 Å². The van der Waals surface area contributed by atoms with Crippen LogP contribution in [0.25, 0.3) is 11.3 Å². The number of aromatic amines is 1. The van der Waals surface area contributed by atoms with Gasteiger partial charge in [0.15, 0.2) is 0 Å². The van der Waals surface area contributed by atoms with E-state index in [4.69, 9.17) is 0 Å². The number of aromatic hydroxyl groups is 1. The Hall–Kier alpha value is -1.70. The molecule has 0 fully saturated rings. The van der Waals surface area contributed by atoms with E-state index in [-0.39, 0.29) is 0 Å². The molecule has 0 aliphatic carbocycles. The Labute approximate surface area is 76.9 Å². The maximum absolute atomic E-state index is 9.22. The molecule has 1 heterocycles. The van der Waals surface area contributed by atoms with Crippen LogP contribution < -0.4 is 0 Å². The molecule has 0 saturated heterocycles. The second-order valence-electron chi connectivity index (χ2n) is 3.08. The molecular weight excluding hydrogens is 162 g/mol. The number of hydrogen-bond acceptors (Lipinski definition) is 1. The number of phenols is 1. The maximum atomic E-state index is 9.22. The fraction of sp³-hybridized carbons (Fsp3) is 0.0909. The van der Waals surface area contributed by atoms with Gasteiger partial charge in [0.1, 0.15) is 5.75 Å². The largest absolute Gasteiger partial charge is 0.508 e. The molecule has 0 amide bonds. The summed E-state index contributed by atoms with van der Waals surface area (Å²) >= 11 is 0. The molecule has 0 unspecified atom stereocenters. The third-order valence-corrected chi connectivity index (χ3v) is 2.10. The number of rotatable bonds is 1. The van der Waals surface area contributed by atoms with Gasteiger partial charge in [-0.1, -0.05) is 0 Å². The molecule has 0 aliphatic rings. The van der Waals surface area contributed by atoms with Gasteiger partial charge in [-0.2, -0.15) is 0 Å². The van der Waals surface area contributed by atoms with Crippen molar-refractivity contribution in [3.63, 3.8) is 0 Å². The van der Waals surface area contributed by atoms with E-state index in [1.807, 2.05) is 31.3 Å². The smallest absolute Gasteiger partial charge is 0.115 e. The number of benzene rings is 1. The van der Waals surface area contributed by atoms with Crippen molar-refractivity contribution in [3.05, 3.63) is 42.1 Å². The minimum atomic E-state index is 0.313. The fourth-order valence-corrected chi connectivity index (χ4v) is 1.45. The van der Waals surface area contributed by atoms with Crippen molar-refractivity contribution in [2.24, 2.45) is 0 Å². The zero-order chi connectivity index (χ0) is 9.26. The van der Waals surface area contributed by atoms with E-state index in [9.17, 15) is 5.11 Å². The summed E-state index contributed by atoms with van der Waals surface area (Å²) in [4.78, 5) is 3.13. The standard InChI is InChI=1S/C11H11NO/c1-8-7-9(13)4-5-10(8)11-3-2-6-12-11/h2-7,12-13H,1H3. The van der Waals surface area contributed by atoms with Crippen LogP contribution in [0.1, 0.15) is 5.56 Å². The number of aromatic nitrogens is 1. The average Bonchev–Trinajstić information content (AvgIpc) is 2.56. The molecule has 2 aromatic rings. The minimum absolute atomic E-state index is 0.313. The molecule has 13 heavy (non-hydrogen) atoms. The highest BCUT2D eigenvalue weighted by molar-refractivity contribution is 5.64. The van der Waals surface area contributed by atoms with Crippen LogP contribution in [0.2, 0.25) is 0 Å². The molecule has 0 spiro atoms. The van der Waals surface area contributed by atoms with Crippen LogP contribution in [0.5, 0.6) is 5.75 Å². The Bertz CT molecular complexity index is 404. The van der Waals surface area contributed by atoms with Crippen LogP contribution in [0.3, 0.4) is 0 Å². The highest BCUT2D eigenvalue weighted by atomic mass is 16.3. The minimum Gasteiger partial charge on any atom is -0.508 e. The van der Waals surface area contributed by atoms with Gasteiger partial charge in [-0.25, -0.2) is 0 Å². The molecular formula is C11H11NO. The van der Waals surface area contributed by atoms with Crippen LogP contribution in [-0.2, 0) is 0 Å². The molecule has 0 bridgehead atoms. The summed E-state index contributed by atoms with van der Waals surface area (Å²) in [5.74, 6) is 0.313. The summed E-state index contributed by atoms with van der Waals surface area (Å²) in [5.41, 5.74) is 3.28. The van der Waals surface area contributed by atoms with Crippen LogP contribution >= 0.6 is 0 Å². The second-order valence-corrected chi connectivity index (χ2v) is 3.08. The topological polar surface area (TPSA) is 36.0 Å². The van der Waals surface area contributed by atoms with Crippen molar-refractivity contribution >= 4 is 0 Å². The third-order valence-electron chi connectivity index (χ3n) is 2.10. The number of aryl methyl sites for hydroxylation is 1. The maximum Gasteiger partial charge on any atom is 0.115 e. The molecule has 2 rings (SSSR count). The third kappa shape index (κ3) is 1.43. The lowest BCUT2D eigenvalue weighted by atomic mass is 10.1. The molecule has 2 N–H and O–H groups in total. The second kappa shape index (κ2) is 2.98. The summed E-state index contributed by atoms with van der Waals surface area (Å²) in [5, 5.41) is 9.22. The van der Waals surface area contributed by atoms with Crippen LogP contribution in [0.15, 0.2) is 36.5 Å². The molecule has 0 aliphatic heterocycles. The number of hydrogen-bond donors (Lipinski definition) is 2. The van der Waals surface area contributed by atoms with Crippen molar-refractivity contribution in [2.75, 3.05) is 0 Å². The van der Waals surface area contributed by atoms with Crippen molar-refractivity contribution < 1.29 is 5.11 Å². The molecule has 0 saturated carbocycles. The van der Waals surface area contributed by atoms with Gasteiger partial charge in [-0.05, 0) is 42.8 Å². The monoisotopic (exact) mass is 173 g/mol. The van der Waals surface area contributed by atoms with Crippen molar-refractivity contribution in [3.8, 4) is 17.0 Å². The van der Waals surface area contributed by atoms with Gasteiger partial charge in [0.2, 0.25) is 0 Å². The van der Waals surface area contributed by atoms with E-state index in [0.29, 0.717) is 5.75 Å². The number of phenolic OH excluding ortho intramolecular Hbond substituents is 1. The summed E-state index contributed by atoms with van der Waals surface area (Å²) in [6, 6.07) is 9.34. The van der Waals surface area contributed by atoms with Crippen molar-refractivity contribution in [1.29, 1.82) is 0 Å². The van der Waals surface area contributed by atoms with Gasteiger partial charge in [-0.3, -0.25) is 0 Å². The van der Waals surface area contributed by atoms with Crippen LogP contribution in [0, 0.1) is 6.92 Å². The molecule has 1 aromatic heterocycles. The van der Waals surface area contributed by atoms with Gasteiger partial charge in [0.25, 0.3) is 0 Å². The average molecular weight is 173 g/mol. The van der Waals surface area contributed by atoms with Gasteiger partial charge < -0.3 is 10.1 Å². The first-order valence-corrected chi connectivity index (χ1v) is 4.21. The summed E-state index contributed by atoms with van der Waals surface area (Å²) in [7, 11) is 0. The van der Waals surface area contributed by atoms with Gasteiger partial charge in [0, 0.05) is 17.5 Å². The molecule has 2 nitrogen and oxygen atoms in total. The number of nitrogens with one attached hydrogen (secondary N) is 1. The molecule has 2 heteroatoms. The lowest BCUT2D eigenvalue weighted by Crippen LogP contribution is -1.81. The van der Waals surface area contributed by atoms with Gasteiger partial charge >= 0.3 is 0 Å². The predicted molar refractivity (Wildman–Crippen MR) is 52.6 cm³/mol. The summed E-state index contributed by atoms with van der Waals surface area (Å²) < 4.78 is 0. The quantitative estimate of drug-likeness (QED) is 0.683. The van der Waals surface area contributed by atoms with Crippen molar-refractivity contribution in [2.45, 2.75) is 6.92 Å². The predicted octanol–water partition coefficient (Wildman–Crippen LogP) is 2.70. The van der Waals surface area contributed by atoms with Crippen LogP contribution in [-0.4, -0.2) is 10.1 Å². The fourth-order valence-electron chi connectivity index (χ4n) is 1.45. The van der Waals surface area contributed by atoms with Crippen molar-refractivity contribution in [1.82, 2.24) is 4.98 Å². The van der Waals surface area contributed by atoms with E-state index < -0.39 is 0 Å². The zero-order valence-electron chi connectivity index (χ0n) is 7.41. The molecule has 0 radical (unpaired) electrons. The van der Waals surface area contributed by atoms with E-state index >= 15 is 0 Å². The normalized spacial score (nSPS) is 10.2. The zero-order valence-corrected chi connectivity index (χ0v) is 7.41. The Morgan fingerprint density at radius 2 is 2.08 bits per heavy atom. The van der Waals surface area contributed by atoms with Gasteiger partial charge in [0.05, 0.1) is 0 Å². The lowest BCUT2D eigenvalue weighted by molar-refractivity contribution is 0.475. The lowest BCUT2D eigenvalue weighted by Gasteiger charge is -2.03. The Morgan fingerprint density at radius 1 is 1.23 bits per heavy atom. The van der Waals surface area contributed by atoms with Gasteiger partial charge in [-0.15, -0.1) is 0 Å². The molecule has 1 aromatic carbocycles.